The van der Waals surface area contributed by atoms with Crippen LogP contribution in [0.25, 0.3) is 10.9 Å². The first-order valence-corrected chi connectivity index (χ1v) is 5.92. The second-order valence-corrected chi connectivity index (χ2v) is 3.98. The standard InChI is InChI=1S/C13H17N3O2/c1-18-15-13(17)14-8-4-9-16-10-7-11-5-2-3-6-12(11)16/h2-3,5-7,10H,4,8-9H2,1H3,(H2,14,15,17). The van der Waals surface area contributed by atoms with Crippen LogP contribution in [0.3, 0.4) is 0 Å². The number of carbonyl (C=O) groups is 1. The summed E-state index contributed by atoms with van der Waals surface area (Å²) in [4.78, 5) is 15.6. The van der Waals surface area contributed by atoms with E-state index in [0.29, 0.717) is 6.54 Å². The lowest BCUT2D eigenvalue weighted by atomic mass is 10.2. The lowest BCUT2D eigenvalue weighted by Gasteiger charge is -2.07. The molecule has 18 heavy (non-hydrogen) atoms. The molecule has 0 unspecified atom stereocenters. The maximum absolute atomic E-state index is 11.1. The van der Waals surface area contributed by atoms with E-state index in [1.165, 1.54) is 18.0 Å². The van der Waals surface area contributed by atoms with Crippen molar-refractivity contribution in [2.24, 2.45) is 0 Å². The number of aromatic nitrogens is 1. The van der Waals surface area contributed by atoms with Crippen LogP contribution < -0.4 is 10.8 Å². The molecule has 0 radical (unpaired) electrons. The van der Waals surface area contributed by atoms with Gasteiger partial charge in [-0.15, -0.1) is 0 Å². The highest BCUT2D eigenvalue weighted by Gasteiger charge is 2.00. The number of benzene rings is 1. The van der Waals surface area contributed by atoms with Gasteiger partial charge in [0.25, 0.3) is 0 Å². The molecule has 0 aliphatic rings. The molecular weight excluding hydrogens is 230 g/mol. The Morgan fingerprint density at radius 2 is 2.17 bits per heavy atom. The van der Waals surface area contributed by atoms with Gasteiger partial charge < -0.3 is 9.88 Å². The monoisotopic (exact) mass is 247 g/mol. The fourth-order valence-corrected chi connectivity index (χ4v) is 1.92. The van der Waals surface area contributed by atoms with Crippen molar-refractivity contribution in [1.29, 1.82) is 0 Å². The molecule has 0 bridgehead atoms. The highest BCUT2D eigenvalue weighted by molar-refractivity contribution is 5.79. The summed E-state index contributed by atoms with van der Waals surface area (Å²) < 4.78 is 2.19. The van der Waals surface area contributed by atoms with Gasteiger partial charge in [0.2, 0.25) is 0 Å². The average molecular weight is 247 g/mol. The quantitative estimate of drug-likeness (QED) is 0.626. The van der Waals surface area contributed by atoms with E-state index in [-0.39, 0.29) is 6.03 Å². The molecule has 0 atom stereocenters. The number of para-hydroxylation sites is 1. The molecule has 5 nitrogen and oxygen atoms in total. The van der Waals surface area contributed by atoms with E-state index in [0.717, 1.165) is 13.0 Å². The predicted molar refractivity (Wildman–Crippen MR) is 70.1 cm³/mol. The molecule has 2 aromatic rings. The average Bonchev–Trinajstić information content (AvgIpc) is 2.78. The van der Waals surface area contributed by atoms with Crippen molar-refractivity contribution < 1.29 is 9.63 Å². The van der Waals surface area contributed by atoms with Crippen molar-refractivity contribution in [3.63, 3.8) is 0 Å². The fourth-order valence-electron chi connectivity index (χ4n) is 1.92. The van der Waals surface area contributed by atoms with E-state index in [1.807, 2.05) is 12.1 Å². The molecule has 1 aromatic heterocycles. The summed E-state index contributed by atoms with van der Waals surface area (Å²) in [6, 6.07) is 10.0. The highest BCUT2D eigenvalue weighted by atomic mass is 16.6. The van der Waals surface area contributed by atoms with Crippen LogP contribution in [0.1, 0.15) is 6.42 Å². The number of hydroxylamine groups is 1. The normalized spacial score (nSPS) is 10.5. The van der Waals surface area contributed by atoms with Crippen LogP contribution in [0, 0.1) is 0 Å². The van der Waals surface area contributed by atoms with E-state index in [4.69, 9.17) is 0 Å². The molecule has 0 saturated carbocycles. The second kappa shape index (κ2) is 6.07. The van der Waals surface area contributed by atoms with Crippen LogP contribution in [0.5, 0.6) is 0 Å². The minimum atomic E-state index is -0.310. The first kappa shape index (κ1) is 12.4. The van der Waals surface area contributed by atoms with Gasteiger partial charge in [-0.3, -0.25) is 4.84 Å². The highest BCUT2D eigenvalue weighted by Crippen LogP contribution is 2.14. The summed E-state index contributed by atoms with van der Waals surface area (Å²) in [5.41, 5.74) is 3.43. The van der Waals surface area contributed by atoms with E-state index < -0.39 is 0 Å². The van der Waals surface area contributed by atoms with Crippen molar-refractivity contribution in [2.45, 2.75) is 13.0 Å². The Morgan fingerprint density at radius 3 is 3.00 bits per heavy atom. The summed E-state index contributed by atoms with van der Waals surface area (Å²) in [7, 11) is 1.41. The third-order valence-corrected chi connectivity index (χ3v) is 2.74. The van der Waals surface area contributed by atoms with Crippen LogP contribution in [-0.4, -0.2) is 24.3 Å². The van der Waals surface area contributed by atoms with Gasteiger partial charge in [0, 0.05) is 24.8 Å². The lowest BCUT2D eigenvalue weighted by Crippen LogP contribution is -2.35. The summed E-state index contributed by atoms with van der Waals surface area (Å²) in [5.74, 6) is 0. The number of amides is 2. The summed E-state index contributed by atoms with van der Waals surface area (Å²) >= 11 is 0. The molecule has 0 spiro atoms. The predicted octanol–water partition coefficient (Wildman–Crippen LogP) is 1.89. The van der Waals surface area contributed by atoms with E-state index in [1.54, 1.807) is 0 Å². The number of aryl methyl sites for hydroxylation is 1. The fraction of sp³-hybridized carbons (Fsp3) is 0.308. The van der Waals surface area contributed by atoms with Gasteiger partial charge in [-0.05, 0) is 23.9 Å². The summed E-state index contributed by atoms with van der Waals surface area (Å²) in [6.45, 7) is 1.49. The third-order valence-electron chi connectivity index (χ3n) is 2.74. The van der Waals surface area contributed by atoms with Gasteiger partial charge in [0.15, 0.2) is 0 Å². The van der Waals surface area contributed by atoms with Crippen LogP contribution >= 0.6 is 0 Å². The lowest BCUT2D eigenvalue weighted by molar-refractivity contribution is 0.107. The van der Waals surface area contributed by atoms with Crippen LogP contribution in [0.2, 0.25) is 0 Å². The molecular formula is C13H17N3O2. The molecule has 96 valence electrons. The zero-order valence-electron chi connectivity index (χ0n) is 10.3. The molecule has 2 N–H and O–H groups in total. The van der Waals surface area contributed by atoms with Gasteiger partial charge in [0.1, 0.15) is 0 Å². The first-order chi connectivity index (χ1) is 8.81. The van der Waals surface area contributed by atoms with Crippen molar-refractivity contribution >= 4 is 16.9 Å². The Labute approximate surface area is 106 Å². The molecule has 1 aromatic carbocycles. The minimum Gasteiger partial charge on any atom is -0.347 e. The van der Waals surface area contributed by atoms with E-state index >= 15 is 0 Å². The SMILES string of the molecule is CONC(=O)NCCCn1ccc2ccccc21. The Morgan fingerprint density at radius 1 is 1.33 bits per heavy atom. The number of urea groups is 1. The minimum absolute atomic E-state index is 0.310. The van der Waals surface area contributed by atoms with Crippen LogP contribution in [0.15, 0.2) is 36.5 Å². The van der Waals surface area contributed by atoms with Crippen molar-refractivity contribution in [3.05, 3.63) is 36.5 Å². The van der Waals surface area contributed by atoms with E-state index in [9.17, 15) is 4.79 Å². The Balaban J connectivity index is 1.82. The zero-order chi connectivity index (χ0) is 12.8. The van der Waals surface area contributed by atoms with E-state index in [2.05, 4.69) is 44.6 Å². The topological polar surface area (TPSA) is 55.3 Å². The largest absolute Gasteiger partial charge is 0.347 e. The Bertz CT molecular complexity index is 522. The number of rotatable bonds is 5. The van der Waals surface area contributed by atoms with Gasteiger partial charge in [-0.1, -0.05) is 18.2 Å². The molecule has 1 heterocycles. The number of carbonyl (C=O) groups excluding carboxylic acids is 1. The number of nitrogens with zero attached hydrogens (tertiary/aromatic N) is 1. The van der Waals surface area contributed by atoms with Gasteiger partial charge in [0.05, 0.1) is 7.11 Å². The van der Waals surface area contributed by atoms with Crippen LogP contribution in [-0.2, 0) is 11.4 Å². The van der Waals surface area contributed by atoms with Gasteiger partial charge in [-0.25, -0.2) is 10.3 Å². The third kappa shape index (κ3) is 3.01. The van der Waals surface area contributed by atoms with Gasteiger partial charge >= 0.3 is 6.03 Å². The van der Waals surface area contributed by atoms with Crippen molar-refractivity contribution in [3.8, 4) is 0 Å². The molecule has 5 heteroatoms. The maximum atomic E-state index is 11.1. The zero-order valence-corrected chi connectivity index (χ0v) is 10.3. The number of hydrogen-bond donors (Lipinski definition) is 2. The number of nitrogens with one attached hydrogen (secondary N) is 2. The molecule has 0 aliphatic heterocycles. The Kier molecular flexibility index (Phi) is 4.20. The number of hydrogen-bond acceptors (Lipinski definition) is 2. The van der Waals surface area contributed by atoms with Crippen molar-refractivity contribution in [2.75, 3.05) is 13.7 Å². The maximum Gasteiger partial charge on any atom is 0.338 e. The summed E-state index contributed by atoms with van der Waals surface area (Å²) in [6.07, 6.45) is 2.94. The van der Waals surface area contributed by atoms with Crippen molar-refractivity contribution in [1.82, 2.24) is 15.4 Å². The van der Waals surface area contributed by atoms with Gasteiger partial charge in [-0.2, -0.15) is 0 Å². The second-order valence-electron chi connectivity index (χ2n) is 3.98. The van der Waals surface area contributed by atoms with Crippen LogP contribution in [0.4, 0.5) is 4.79 Å². The Hall–Kier alpha value is -2.01. The molecule has 2 amide bonds. The molecule has 2 rings (SSSR count). The molecule has 0 saturated heterocycles. The summed E-state index contributed by atoms with van der Waals surface area (Å²) in [5, 5.41) is 3.94. The molecule has 0 fully saturated rings. The number of fused-ring (bicyclic) bond motifs is 1. The first-order valence-electron chi connectivity index (χ1n) is 5.92. The molecule has 0 aliphatic carbocycles. The smallest absolute Gasteiger partial charge is 0.338 e.